The number of anilines is 1. The first-order chi connectivity index (χ1) is 15.5. The van der Waals surface area contributed by atoms with Crippen molar-refractivity contribution in [2.75, 3.05) is 5.73 Å². The lowest BCUT2D eigenvalue weighted by molar-refractivity contribution is 0.481. The van der Waals surface area contributed by atoms with E-state index in [2.05, 4.69) is 42.2 Å². The molecule has 32 heavy (non-hydrogen) atoms. The summed E-state index contributed by atoms with van der Waals surface area (Å²) in [4.78, 5) is 8.95. The number of aryl methyl sites for hydroxylation is 2. The van der Waals surface area contributed by atoms with E-state index in [1.807, 2.05) is 13.0 Å². The number of nitrogens with two attached hydrogens (primary N) is 1. The molecule has 160 valence electrons. The summed E-state index contributed by atoms with van der Waals surface area (Å²) in [7, 11) is 0. The van der Waals surface area contributed by atoms with Gasteiger partial charge < -0.3 is 5.73 Å². The number of nitrogen functional groups attached to an aromatic ring is 1. The molecule has 1 aliphatic rings. The molecule has 1 aromatic carbocycles. The van der Waals surface area contributed by atoms with Crippen LogP contribution in [0.2, 0.25) is 5.02 Å². The summed E-state index contributed by atoms with van der Waals surface area (Å²) in [6.45, 7) is 3.31. The fourth-order valence-corrected chi connectivity index (χ4v) is 4.14. The van der Waals surface area contributed by atoms with Gasteiger partial charge in [0.25, 0.3) is 0 Å². The number of hydrogen-bond acceptors (Lipinski definition) is 7. The molecule has 2 N–H and O–H groups in total. The van der Waals surface area contributed by atoms with E-state index < -0.39 is 0 Å². The number of rotatable bonds is 4. The van der Waals surface area contributed by atoms with Crippen molar-refractivity contribution in [1.82, 2.24) is 34.7 Å². The van der Waals surface area contributed by atoms with E-state index in [0.29, 0.717) is 34.9 Å². The average Bonchev–Trinajstić information content (AvgIpc) is 3.42. The fraction of sp³-hybridized carbons (Fsp3) is 0.273. The molecule has 9 nitrogen and oxygen atoms in total. The van der Waals surface area contributed by atoms with Crippen molar-refractivity contribution in [3.63, 3.8) is 0 Å². The lowest BCUT2D eigenvalue weighted by atomic mass is 10.0. The van der Waals surface area contributed by atoms with Crippen LogP contribution in [0.25, 0.3) is 22.8 Å². The van der Waals surface area contributed by atoms with Crippen LogP contribution in [0, 0.1) is 18.3 Å². The molecule has 0 bridgehead atoms. The average molecular weight is 446 g/mol. The second-order valence-electron chi connectivity index (χ2n) is 7.79. The van der Waals surface area contributed by atoms with Crippen LogP contribution in [-0.4, -0.2) is 34.7 Å². The van der Waals surface area contributed by atoms with Crippen molar-refractivity contribution in [1.29, 1.82) is 5.26 Å². The molecular formula is C22H20ClN9. The third-order valence-corrected chi connectivity index (χ3v) is 6.02. The Bertz CT molecular complexity index is 1340. The second kappa shape index (κ2) is 8.05. The third kappa shape index (κ3) is 3.59. The molecule has 0 atom stereocenters. The van der Waals surface area contributed by atoms with E-state index in [1.54, 1.807) is 23.0 Å². The van der Waals surface area contributed by atoms with E-state index in [-0.39, 0.29) is 10.8 Å². The summed E-state index contributed by atoms with van der Waals surface area (Å²) in [5.74, 6) is 0.526. The van der Waals surface area contributed by atoms with Crippen molar-refractivity contribution < 1.29 is 0 Å². The smallest absolute Gasteiger partial charge is 0.162 e. The number of aromatic nitrogens is 7. The molecule has 0 radical (unpaired) electrons. The van der Waals surface area contributed by atoms with Gasteiger partial charge in [-0.25, -0.2) is 14.6 Å². The number of nitriles is 1. The highest BCUT2D eigenvalue weighted by molar-refractivity contribution is 6.35. The Labute approximate surface area is 189 Å². The Morgan fingerprint density at radius 3 is 2.94 bits per heavy atom. The topological polar surface area (TPSA) is 124 Å². The van der Waals surface area contributed by atoms with Gasteiger partial charge in [-0.15, -0.1) is 5.10 Å². The monoisotopic (exact) mass is 445 g/mol. The predicted octanol–water partition coefficient (Wildman–Crippen LogP) is 3.40. The number of nitrogens with zero attached hydrogens (tertiary/aromatic N) is 8. The zero-order valence-corrected chi connectivity index (χ0v) is 18.2. The van der Waals surface area contributed by atoms with Crippen LogP contribution in [0.1, 0.15) is 35.4 Å². The molecule has 4 heterocycles. The van der Waals surface area contributed by atoms with Gasteiger partial charge in [0.1, 0.15) is 22.2 Å². The molecule has 0 saturated carbocycles. The van der Waals surface area contributed by atoms with Crippen molar-refractivity contribution >= 4 is 17.4 Å². The minimum absolute atomic E-state index is 0.143. The summed E-state index contributed by atoms with van der Waals surface area (Å²) >= 11 is 6.43. The number of hydrogen-bond donors (Lipinski definition) is 1. The Hall–Kier alpha value is -3.77. The highest BCUT2D eigenvalue weighted by atomic mass is 35.5. The van der Waals surface area contributed by atoms with Crippen molar-refractivity contribution in [3.8, 4) is 28.8 Å². The highest BCUT2D eigenvalue weighted by Crippen LogP contribution is 2.32. The van der Waals surface area contributed by atoms with Gasteiger partial charge in [0.05, 0.1) is 30.1 Å². The van der Waals surface area contributed by atoms with E-state index in [9.17, 15) is 5.26 Å². The largest absolute Gasteiger partial charge is 0.382 e. The molecule has 0 aliphatic carbocycles. The SMILES string of the molecule is Cc1c(C#N)cccc1-c1nc(N)c(Cl)c(-c2cn(Cc3cc4n(n3)CCCC4)nn2)n1. The summed E-state index contributed by atoms with van der Waals surface area (Å²) in [6, 6.07) is 9.68. The van der Waals surface area contributed by atoms with Gasteiger partial charge in [0, 0.05) is 17.8 Å². The standard InChI is InChI=1S/C22H20ClN9/c1-13-14(10-24)5-4-7-17(13)22-26-20(19(23)21(25)27-22)18-12-31(30-28-18)11-15-9-16-6-2-3-8-32(16)29-15/h4-5,7,9,12H,2-3,6,8,11H2,1H3,(H2,25,26,27). The minimum atomic E-state index is 0.143. The van der Waals surface area contributed by atoms with Gasteiger partial charge in [0.15, 0.2) is 5.82 Å². The summed E-state index contributed by atoms with van der Waals surface area (Å²) in [5.41, 5.74) is 11.2. The summed E-state index contributed by atoms with van der Waals surface area (Å²) < 4.78 is 3.78. The van der Waals surface area contributed by atoms with Crippen LogP contribution in [0.3, 0.4) is 0 Å². The molecular weight excluding hydrogens is 426 g/mol. The molecule has 4 aromatic rings. The minimum Gasteiger partial charge on any atom is -0.382 e. The zero-order chi connectivity index (χ0) is 22.2. The number of halogens is 1. The van der Waals surface area contributed by atoms with Gasteiger partial charge in [-0.05, 0) is 43.9 Å². The first kappa shape index (κ1) is 20.2. The van der Waals surface area contributed by atoms with Crippen molar-refractivity contribution in [2.45, 2.75) is 39.3 Å². The summed E-state index contributed by atoms with van der Waals surface area (Å²) in [6.07, 6.45) is 5.19. The lowest BCUT2D eigenvalue weighted by Gasteiger charge is -2.11. The van der Waals surface area contributed by atoms with E-state index in [0.717, 1.165) is 30.6 Å². The summed E-state index contributed by atoms with van der Waals surface area (Å²) in [5, 5.41) is 22.7. The first-order valence-corrected chi connectivity index (χ1v) is 10.7. The van der Waals surface area contributed by atoms with Gasteiger partial charge in [-0.3, -0.25) is 4.68 Å². The van der Waals surface area contributed by atoms with Crippen molar-refractivity contribution in [3.05, 3.63) is 58.0 Å². The number of fused-ring (bicyclic) bond motifs is 1. The normalized spacial score (nSPS) is 13.0. The highest BCUT2D eigenvalue weighted by Gasteiger charge is 2.19. The molecule has 10 heteroatoms. The quantitative estimate of drug-likeness (QED) is 0.510. The van der Waals surface area contributed by atoms with Crippen molar-refractivity contribution in [2.24, 2.45) is 0 Å². The predicted molar refractivity (Wildman–Crippen MR) is 120 cm³/mol. The Morgan fingerprint density at radius 2 is 2.12 bits per heavy atom. The lowest BCUT2D eigenvalue weighted by Crippen LogP contribution is -2.11. The maximum absolute atomic E-state index is 9.33. The molecule has 0 spiro atoms. The molecule has 3 aromatic heterocycles. The van der Waals surface area contributed by atoms with Crippen LogP contribution in [-0.2, 0) is 19.5 Å². The Balaban J connectivity index is 1.49. The molecule has 0 fully saturated rings. The van der Waals surface area contributed by atoms with E-state index in [1.165, 1.54) is 12.1 Å². The number of benzene rings is 1. The van der Waals surface area contributed by atoms with Gasteiger partial charge >= 0.3 is 0 Å². The first-order valence-electron chi connectivity index (χ1n) is 10.3. The van der Waals surface area contributed by atoms with Gasteiger partial charge in [-0.2, -0.15) is 10.4 Å². The Morgan fingerprint density at radius 1 is 1.25 bits per heavy atom. The molecule has 0 unspecified atom stereocenters. The van der Waals surface area contributed by atoms with E-state index >= 15 is 0 Å². The zero-order valence-electron chi connectivity index (χ0n) is 17.5. The van der Waals surface area contributed by atoms with Crippen LogP contribution in [0.4, 0.5) is 5.82 Å². The maximum atomic E-state index is 9.33. The molecule has 0 saturated heterocycles. The maximum Gasteiger partial charge on any atom is 0.162 e. The second-order valence-corrected chi connectivity index (χ2v) is 8.17. The molecule has 0 amide bonds. The van der Waals surface area contributed by atoms with Crippen LogP contribution >= 0.6 is 11.6 Å². The van der Waals surface area contributed by atoms with Crippen LogP contribution in [0.5, 0.6) is 0 Å². The Kier molecular flexibility index (Phi) is 5.07. The van der Waals surface area contributed by atoms with Crippen LogP contribution in [0.15, 0.2) is 30.5 Å². The van der Waals surface area contributed by atoms with Crippen LogP contribution < -0.4 is 5.73 Å². The van der Waals surface area contributed by atoms with Gasteiger partial charge in [-0.1, -0.05) is 28.9 Å². The molecule has 5 rings (SSSR count). The fourth-order valence-electron chi connectivity index (χ4n) is 3.96. The third-order valence-electron chi connectivity index (χ3n) is 5.64. The molecule has 1 aliphatic heterocycles. The van der Waals surface area contributed by atoms with Gasteiger partial charge in [0.2, 0.25) is 0 Å². The van der Waals surface area contributed by atoms with E-state index in [4.69, 9.17) is 17.3 Å².